The summed E-state index contributed by atoms with van der Waals surface area (Å²) in [7, 11) is 0. The molecule has 0 bridgehead atoms. The van der Waals surface area contributed by atoms with Crippen LogP contribution in [0.2, 0.25) is 0 Å². The Labute approximate surface area is 117 Å². The van der Waals surface area contributed by atoms with E-state index in [0.29, 0.717) is 34.6 Å². The van der Waals surface area contributed by atoms with Gasteiger partial charge in [0, 0.05) is 5.69 Å². The van der Waals surface area contributed by atoms with E-state index in [-0.39, 0.29) is 11.7 Å². The Morgan fingerprint density at radius 2 is 2.00 bits per heavy atom. The van der Waals surface area contributed by atoms with Gasteiger partial charge < -0.3 is 10.4 Å². The zero-order valence-electron chi connectivity index (χ0n) is 11.8. The van der Waals surface area contributed by atoms with Gasteiger partial charge in [0.05, 0.1) is 17.0 Å². The van der Waals surface area contributed by atoms with Crippen LogP contribution < -0.4 is 5.32 Å². The van der Waals surface area contributed by atoms with Crippen LogP contribution in [0.4, 0.5) is 5.69 Å². The highest BCUT2D eigenvalue weighted by atomic mass is 16.3. The molecule has 1 aromatic heterocycles. The van der Waals surface area contributed by atoms with Crippen LogP contribution >= 0.6 is 0 Å². The van der Waals surface area contributed by atoms with E-state index in [1.807, 2.05) is 6.92 Å². The van der Waals surface area contributed by atoms with Crippen LogP contribution in [0, 0.1) is 13.8 Å². The molecule has 1 amide bonds. The molecule has 2 aromatic rings. The second-order valence-corrected chi connectivity index (χ2v) is 4.66. The van der Waals surface area contributed by atoms with Crippen LogP contribution in [-0.4, -0.2) is 21.2 Å². The number of nitrogens with zero attached hydrogens (tertiary/aromatic N) is 2. The first-order chi connectivity index (χ1) is 9.51. The molecule has 2 N–H and O–H groups in total. The number of aryl methyl sites for hydroxylation is 3. The predicted molar refractivity (Wildman–Crippen MR) is 76.9 cm³/mol. The Bertz CT molecular complexity index is 654. The van der Waals surface area contributed by atoms with E-state index in [4.69, 9.17) is 0 Å². The fourth-order valence-electron chi connectivity index (χ4n) is 1.90. The van der Waals surface area contributed by atoms with E-state index in [1.54, 1.807) is 38.1 Å². The number of aromatic hydroxyl groups is 1. The molecule has 0 aliphatic carbocycles. The largest absolute Gasteiger partial charge is 0.508 e. The number of phenols is 1. The Hall–Kier alpha value is -2.43. The Morgan fingerprint density at radius 1 is 1.25 bits per heavy atom. The summed E-state index contributed by atoms with van der Waals surface area (Å²) in [5.74, 6) is -0.0105. The summed E-state index contributed by atoms with van der Waals surface area (Å²) in [6.45, 7) is 5.51. The lowest BCUT2D eigenvalue weighted by Crippen LogP contribution is -2.16. The smallest absolute Gasteiger partial charge is 0.257 e. The third-order valence-corrected chi connectivity index (χ3v) is 3.03. The van der Waals surface area contributed by atoms with Gasteiger partial charge in [0.15, 0.2) is 0 Å². The van der Waals surface area contributed by atoms with E-state index in [9.17, 15) is 9.90 Å². The van der Waals surface area contributed by atoms with Gasteiger partial charge in [0.2, 0.25) is 0 Å². The molecule has 0 radical (unpaired) electrons. The molecule has 0 atom stereocenters. The van der Waals surface area contributed by atoms with Crippen molar-refractivity contribution in [2.24, 2.45) is 0 Å². The summed E-state index contributed by atoms with van der Waals surface area (Å²) < 4.78 is 0. The molecule has 5 nitrogen and oxygen atoms in total. The molecule has 0 saturated carbocycles. The zero-order valence-corrected chi connectivity index (χ0v) is 11.8. The van der Waals surface area contributed by atoms with Gasteiger partial charge in [-0.2, -0.15) is 10.2 Å². The predicted octanol–water partition coefficient (Wildman–Crippen LogP) is 2.61. The summed E-state index contributed by atoms with van der Waals surface area (Å²) in [6, 6.07) is 6.67. The number of aromatic nitrogens is 2. The van der Waals surface area contributed by atoms with Crippen LogP contribution in [-0.2, 0) is 6.42 Å². The van der Waals surface area contributed by atoms with Crippen molar-refractivity contribution in [3.8, 4) is 5.75 Å². The first-order valence-corrected chi connectivity index (χ1v) is 6.45. The lowest BCUT2D eigenvalue weighted by molar-refractivity contribution is 0.102. The number of anilines is 1. The van der Waals surface area contributed by atoms with Crippen molar-refractivity contribution in [1.82, 2.24) is 10.2 Å². The van der Waals surface area contributed by atoms with Crippen LogP contribution in [0.15, 0.2) is 24.3 Å². The number of nitrogens with one attached hydrogen (secondary N) is 1. The Balaban J connectivity index is 2.27. The van der Waals surface area contributed by atoms with Gasteiger partial charge in [0.1, 0.15) is 5.75 Å². The number of phenolic OH excluding ortho intramolecular Hbond substituents is 1. The van der Waals surface area contributed by atoms with Crippen molar-refractivity contribution in [3.63, 3.8) is 0 Å². The number of amides is 1. The van der Waals surface area contributed by atoms with Crippen LogP contribution in [0.25, 0.3) is 0 Å². The molecular formula is C15H17N3O2. The monoisotopic (exact) mass is 271 g/mol. The molecule has 0 saturated heterocycles. The highest BCUT2D eigenvalue weighted by molar-refractivity contribution is 6.05. The van der Waals surface area contributed by atoms with Crippen molar-refractivity contribution >= 4 is 11.6 Å². The maximum Gasteiger partial charge on any atom is 0.257 e. The van der Waals surface area contributed by atoms with Crippen molar-refractivity contribution < 1.29 is 9.90 Å². The van der Waals surface area contributed by atoms with E-state index in [2.05, 4.69) is 15.5 Å². The number of carbonyl (C=O) groups is 1. The molecule has 20 heavy (non-hydrogen) atoms. The minimum atomic E-state index is -0.218. The normalized spacial score (nSPS) is 10.3. The van der Waals surface area contributed by atoms with Gasteiger partial charge in [-0.3, -0.25) is 4.79 Å². The van der Waals surface area contributed by atoms with Crippen molar-refractivity contribution in [2.75, 3.05) is 5.32 Å². The topological polar surface area (TPSA) is 75.1 Å². The van der Waals surface area contributed by atoms with Crippen molar-refractivity contribution in [2.45, 2.75) is 27.2 Å². The lowest BCUT2D eigenvalue weighted by Gasteiger charge is -2.09. The number of benzene rings is 1. The molecule has 0 fully saturated rings. The summed E-state index contributed by atoms with van der Waals surface area (Å²) >= 11 is 0. The molecule has 0 unspecified atom stereocenters. The quantitative estimate of drug-likeness (QED) is 0.841. The number of rotatable bonds is 3. The van der Waals surface area contributed by atoms with Gasteiger partial charge in [-0.05, 0) is 50.1 Å². The maximum absolute atomic E-state index is 12.3. The summed E-state index contributed by atoms with van der Waals surface area (Å²) in [5, 5.41) is 20.3. The Kier molecular flexibility index (Phi) is 3.98. The van der Waals surface area contributed by atoms with E-state index >= 15 is 0 Å². The van der Waals surface area contributed by atoms with Crippen molar-refractivity contribution in [1.29, 1.82) is 0 Å². The van der Waals surface area contributed by atoms with E-state index < -0.39 is 0 Å². The van der Waals surface area contributed by atoms with Crippen LogP contribution in [0.3, 0.4) is 0 Å². The second kappa shape index (κ2) is 5.69. The minimum absolute atomic E-state index is 0.207. The number of hydrogen-bond donors (Lipinski definition) is 2. The molecule has 0 spiro atoms. The fourth-order valence-corrected chi connectivity index (χ4v) is 1.90. The molecule has 0 aliphatic heterocycles. The molecule has 5 heteroatoms. The van der Waals surface area contributed by atoms with Crippen LogP contribution in [0.1, 0.15) is 34.2 Å². The second-order valence-electron chi connectivity index (χ2n) is 4.66. The standard InChI is InChI=1S/C15H17N3O2/c1-4-13-12(8-10(3)17-18-13)15(20)16-11-5-6-14(19)9(2)7-11/h5-8,19H,4H2,1-3H3,(H,16,20). The Morgan fingerprint density at radius 3 is 2.65 bits per heavy atom. The third kappa shape index (κ3) is 2.93. The molecule has 1 aromatic carbocycles. The van der Waals surface area contributed by atoms with Gasteiger partial charge in [-0.1, -0.05) is 6.92 Å². The van der Waals surface area contributed by atoms with Gasteiger partial charge in [-0.15, -0.1) is 0 Å². The minimum Gasteiger partial charge on any atom is -0.508 e. The summed E-state index contributed by atoms with van der Waals surface area (Å²) in [6.07, 6.45) is 0.643. The highest BCUT2D eigenvalue weighted by Crippen LogP contribution is 2.21. The number of carbonyl (C=O) groups excluding carboxylic acids is 1. The first-order valence-electron chi connectivity index (χ1n) is 6.45. The number of hydrogen-bond acceptors (Lipinski definition) is 4. The average molecular weight is 271 g/mol. The van der Waals surface area contributed by atoms with Crippen LogP contribution in [0.5, 0.6) is 5.75 Å². The van der Waals surface area contributed by atoms with Gasteiger partial charge >= 0.3 is 0 Å². The molecule has 2 rings (SSSR count). The lowest BCUT2D eigenvalue weighted by atomic mass is 10.1. The zero-order chi connectivity index (χ0) is 14.7. The van der Waals surface area contributed by atoms with Gasteiger partial charge in [-0.25, -0.2) is 0 Å². The van der Waals surface area contributed by atoms with E-state index in [0.717, 1.165) is 0 Å². The molecule has 1 heterocycles. The first kappa shape index (κ1) is 14.0. The fraction of sp³-hybridized carbons (Fsp3) is 0.267. The highest BCUT2D eigenvalue weighted by Gasteiger charge is 2.13. The van der Waals surface area contributed by atoms with Gasteiger partial charge in [0.25, 0.3) is 5.91 Å². The summed E-state index contributed by atoms with van der Waals surface area (Å²) in [5.41, 5.74) is 3.26. The molecule has 0 aliphatic rings. The maximum atomic E-state index is 12.3. The summed E-state index contributed by atoms with van der Waals surface area (Å²) in [4.78, 5) is 12.3. The molecular weight excluding hydrogens is 254 g/mol. The van der Waals surface area contributed by atoms with Crippen molar-refractivity contribution in [3.05, 3.63) is 46.8 Å². The third-order valence-electron chi connectivity index (χ3n) is 3.03. The van der Waals surface area contributed by atoms with E-state index in [1.165, 1.54) is 0 Å². The SMILES string of the molecule is CCc1nnc(C)cc1C(=O)Nc1ccc(O)c(C)c1. The average Bonchev–Trinajstić information content (AvgIpc) is 2.43. The molecule has 104 valence electrons.